The molecular formula is C17H11F3N2O2S. The molecule has 4 rings (SSSR count). The molecule has 2 aromatic carbocycles. The van der Waals surface area contributed by atoms with Gasteiger partial charge in [0.25, 0.3) is 0 Å². The maximum absolute atomic E-state index is 13.6. The minimum absolute atomic E-state index is 0.296. The Morgan fingerprint density at radius 2 is 1.84 bits per heavy atom. The number of hydrogen-bond acceptors (Lipinski definition) is 5. The van der Waals surface area contributed by atoms with Crippen molar-refractivity contribution < 1.29 is 22.7 Å². The van der Waals surface area contributed by atoms with Gasteiger partial charge in [-0.15, -0.1) is 0 Å². The van der Waals surface area contributed by atoms with Crippen LogP contribution in [0.2, 0.25) is 0 Å². The lowest BCUT2D eigenvalue weighted by Gasteiger charge is -2.38. The van der Waals surface area contributed by atoms with Crippen molar-refractivity contribution in [3.63, 3.8) is 0 Å². The van der Waals surface area contributed by atoms with Crippen molar-refractivity contribution in [3.8, 4) is 0 Å². The summed E-state index contributed by atoms with van der Waals surface area (Å²) in [4.78, 5) is 18.2. The molecule has 8 heteroatoms. The molecule has 1 aliphatic heterocycles. The fourth-order valence-electron chi connectivity index (χ4n) is 2.56. The molecule has 1 fully saturated rings. The van der Waals surface area contributed by atoms with Gasteiger partial charge >= 0.3 is 5.97 Å². The summed E-state index contributed by atoms with van der Waals surface area (Å²) < 4.78 is 45.6. The second-order valence-electron chi connectivity index (χ2n) is 5.66. The van der Waals surface area contributed by atoms with E-state index in [0.29, 0.717) is 29.8 Å². The molecule has 0 saturated carbocycles. The van der Waals surface area contributed by atoms with E-state index < -0.39 is 23.7 Å². The zero-order valence-corrected chi connectivity index (χ0v) is 13.5. The van der Waals surface area contributed by atoms with E-state index in [4.69, 9.17) is 4.74 Å². The molecule has 1 aliphatic rings. The second-order valence-corrected chi connectivity index (χ2v) is 6.67. The standard InChI is InChI=1S/C17H11F3N2O2S/c18-9-1-3-12(13(20)5-9)16(23)24-11-7-22(8-11)17-21-14-4-2-10(19)6-15(14)25-17/h1-6,11H,7-8H2. The van der Waals surface area contributed by atoms with Crippen LogP contribution in [0.1, 0.15) is 10.4 Å². The van der Waals surface area contributed by atoms with E-state index in [0.717, 1.165) is 16.8 Å². The van der Waals surface area contributed by atoms with Crippen molar-refractivity contribution in [2.45, 2.75) is 6.10 Å². The Bertz CT molecular complexity index is 970. The first-order valence-corrected chi connectivity index (χ1v) is 8.28. The van der Waals surface area contributed by atoms with E-state index in [-0.39, 0.29) is 11.4 Å². The predicted octanol–water partition coefficient (Wildman–Crippen LogP) is 3.76. The molecular weight excluding hydrogens is 353 g/mol. The summed E-state index contributed by atoms with van der Waals surface area (Å²) in [7, 11) is 0. The number of ether oxygens (including phenoxy) is 1. The van der Waals surface area contributed by atoms with E-state index >= 15 is 0 Å². The van der Waals surface area contributed by atoms with Crippen LogP contribution in [0, 0.1) is 17.5 Å². The van der Waals surface area contributed by atoms with Crippen LogP contribution in [-0.4, -0.2) is 30.1 Å². The maximum Gasteiger partial charge on any atom is 0.341 e. The number of benzene rings is 2. The fourth-order valence-corrected chi connectivity index (χ4v) is 3.57. The van der Waals surface area contributed by atoms with Crippen LogP contribution in [0.3, 0.4) is 0 Å². The number of fused-ring (bicyclic) bond motifs is 1. The van der Waals surface area contributed by atoms with E-state index in [1.54, 1.807) is 6.07 Å². The smallest absolute Gasteiger partial charge is 0.341 e. The van der Waals surface area contributed by atoms with Crippen LogP contribution in [0.4, 0.5) is 18.3 Å². The number of halogens is 3. The minimum Gasteiger partial charge on any atom is -0.455 e. The number of esters is 1. The third kappa shape index (κ3) is 3.05. The summed E-state index contributed by atoms with van der Waals surface area (Å²) in [5, 5.41) is 0.709. The zero-order valence-electron chi connectivity index (χ0n) is 12.7. The molecule has 1 saturated heterocycles. The number of thiazole rings is 1. The lowest BCUT2D eigenvalue weighted by molar-refractivity contribution is 0.0229. The van der Waals surface area contributed by atoms with Gasteiger partial charge in [-0.25, -0.2) is 22.9 Å². The molecule has 25 heavy (non-hydrogen) atoms. The number of rotatable bonds is 3. The zero-order chi connectivity index (χ0) is 17.6. The first-order chi connectivity index (χ1) is 12.0. The van der Waals surface area contributed by atoms with Crippen LogP contribution in [0.25, 0.3) is 10.2 Å². The number of nitrogens with zero attached hydrogens (tertiary/aromatic N) is 2. The molecule has 128 valence electrons. The van der Waals surface area contributed by atoms with Crippen LogP contribution in [0.5, 0.6) is 0 Å². The number of anilines is 1. The predicted molar refractivity (Wildman–Crippen MR) is 87.4 cm³/mol. The highest BCUT2D eigenvalue weighted by molar-refractivity contribution is 7.22. The number of hydrogen-bond donors (Lipinski definition) is 0. The van der Waals surface area contributed by atoms with Crippen molar-refractivity contribution in [1.82, 2.24) is 4.98 Å². The first-order valence-electron chi connectivity index (χ1n) is 7.46. The maximum atomic E-state index is 13.6. The summed E-state index contributed by atoms with van der Waals surface area (Å²) in [6.45, 7) is 0.827. The molecule has 0 atom stereocenters. The van der Waals surface area contributed by atoms with Gasteiger partial charge < -0.3 is 9.64 Å². The van der Waals surface area contributed by atoms with E-state index in [1.807, 2.05) is 4.90 Å². The molecule has 3 aromatic rings. The second kappa shape index (κ2) is 6.03. The van der Waals surface area contributed by atoms with E-state index in [1.165, 1.54) is 23.5 Å². The third-order valence-corrected chi connectivity index (χ3v) is 4.96. The summed E-state index contributed by atoms with van der Waals surface area (Å²) in [5.41, 5.74) is 0.408. The van der Waals surface area contributed by atoms with Gasteiger partial charge in [0.15, 0.2) is 5.13 Å². The average molecular weight is 364 g/mol. The summed E-state index contributed by atoms with van der Waals surface area (Å²) in [5.74, 6) is -2.85. The quantitative estimate of drug-likeness (QED) is 0.664. The molecule has 0 bridgehead atoms. The minimum atomic E-state index is -0.950. The molecule has 4 nitrogen and oxygen atoms in total. The van der Waals surface area contributed by atoms with Crippen molar-refractivity contribution >= 4 is 32.7 Å². The van der Waals surface area contributed by atoms with Gasteiger partial charge in [0.2, 0.25) is 0 Å². The van der Waals surface area contributed by atoms with Crippen LogP contribution in [0.15, 0.2) is 36.4 Å². The van der Waals surface area contributed by atoms with Crippen LogP contribution < -0.4 is 4.90 Å². The highest BCUT2D eigenvalue weighted by atomic mass is 32.1. The summed E-state index contributed by atoms with van der Waals surface area (Å²) in [6, 6.07) is 7.09. The Kier molecular flexibility index (Phi) is 3.84. The molecule has 0 radical (unpaired) electrons. The molecule has 0 N–H and O–H groups in total. The van der Waals surface area contributed by atoms with Crippen LogP contribution in [-0.2, 0) is 4.74 Å². The van der Waals surface area contributed by atoms with Crippen molar-refractivity contribution in [1.29, 1.82) is 0 Å². The lowest BCUT2D eigenvalue weighted by Crippen LogP contribution is -2.53. The van der Waals surface area contributed by atoms with Gasteiger partial charge in [-0.05, 0) is 30.3 Å². The molecule has 1 aromatic heterocycles. The van der Waals surface area contributed by atoms with E-state index in [2.05, 4.69) is 4.98 Å². The number of carbonyl (C=O) groups is 1. The SMILES string of the molecule is O=C(OC1CN(c2nc3ccc(F)cc3s2)C1)c1ccc(F)cc1F. The van der Waals surface area contributed by atoms with Gasteiger partial charge in [-0.1, -0.05) is 11.3 Å². The third-order valence-electron chi connectivity index (χ3n) is 3.88. The Hall–Kier alpha value is -2.61. The fraction of sp³-hybridized carbons (Fsp3) is 0.176. The summed E-state index contributed by atoms with van der Waals surface area (Å²) in [6.07, 6.45) is -0.402. The topological polar surface area (TPSA) is 42.4 Å². The van der Waals surface area contributed by atoms with Crippen LogP contribution >= 0.6 is 11.3 Å². The summed E-state index contributed by atoms with van der Waals surface area (Å²) >= 11 is 1.35. The average Bonchev–Trinajstić information content (AvgIpc) is 2.92. The Morgan fingerprint density at radius 3 is 2.60 bits per heavy atom. The number of carbonyl (C=O) groups excluding carboxylic acids is 1. The highest BCUT2D eigenvalue weighted by Gasteiger charge is 2.33. The van der Waals surface area contributed by atoms with Gasteiger partial charge in [-0.2, -0.15) is 0 Å². The molecule has 0 aliphatic carbocycles. The van der Waals surface area contributed by atoms with Crippen molar-refractivity contribution in [2.24, 2.45) is 0 Å². The van der Waals surface area contributed by atoms with Gasteiger partial charge in [0, 0.05) is 6.07 Å². The van der Waals surface area contributed by atoms with Crippen molar-refractivity contribution in [3.05, 3.63) is 59.4 Å². The Balaban J connectivity index is 1.40. The Morgan fingerprint density at radius 1 is 1.12 bits per heavy atom. The highest BCUT2D eigenvalue weighted by Crippen LogP contribution is 2.32. The lowest BCUT2D eigenvalue weighted by atomic mass is 10.1. The molecule has 2 heterocycles. The van der Waals surface area contributed by atoms with Crippen molar-refractivity contribution in [2.75, 3.05) is 18.0 Å². The van der Waals surface area contributed by atoms with Gasteiger partial charge in [0.05, 0.1) is 28.9 Å². The van der Waals surface area contributed by atoms with Gasteiger partial charge in [-0.3, -0.25) is 0 Å². The normalized spacial score (nSPS) is 14.6. The van der Waals surface area contributed by atoms with E-state index in [9.17, 15) is 18.0 Å². The molecule has 0 amide bonds. The molecule has 0 unspecified atom stereocenters. The van der Waals surface area contributed by atoms with Gasteiger partial charge in [0.1, 0.15) is 23.6 Å². The molecule has 0 spiro atoms. The largest absolute Gasteiger partial charge is 0.455 e. The first kappa shape index (κ1) is 15.9. The number of aromatic nitrogens is 1. The Labute approximate surface area is 144 Å². The monoisotopic (exact) mass is 364 g/mol.